The van der Waals surface area contributed by atoms with Gasteiger partial charge in [0.05, 0.1) is 6.04 Å². The second-order valence-electron chi connectivity index (χ2n) is 4.06. The molecule has 94 valence electrons. The molecule has 0 bridgehead atoms. The summed E-state index contributed by atoms with van der Waals surface area (Å²) in [5.74, 6) is 0.481. The maximum atomic E-state index is 5.72. The van der Waals surface area contributed by atoms with E-state index >= 15 is 0 Å². The average Bonchev–Trinajstić information content (AvgIpc) is 2.28. The van der Waals surface area contributed by atoms with Gasteiger partial charge in [-0.15, -0.1) is 0 Å². The number of rotatable bonds is 3. The van der Waals surface area contributed by atoms with E-state index in [9.17, 15) is 0 Å². The minimum Gasteiger partial charge on any atom is -0.368 e. The Labute approximate surface area is 110 Å². The van der Waals surface area contributed by atoms with E-state index in [0.717, 1.165) is 5.56 Å². The predicted octanol–water partition coefficient (Wildman–Crippen LogP) is 2.59. The third-order valence-electron chi connectivity index (χ3n) is 2.55. The fraction of sp³-hybridized carbons (Fsp3) is 0.250. The van der Waals surface area contributed by atoms with E-state index in [0.29, 0.717) is 5.95 Å². The molecule has 0 aliphatic carbocycles. The molecule has 0 aliphatic heterocycles. The number of nitrogen functional groups attached to an aromatic ring is 1. The van der Waals surface area contributed by atoms with E-state index in [1.54, 1.807) is 0 Å². The molecule has 0 spiro atoms. The number of benzene rings is 1. The van der Waals surface area contributed by atoms with E-state index in [1.165, 1.54) is 5.56 Å². The topological polar surface area (TPSA) is 76.7 Å². The Morgan fingerprint density at radius 2 is 1.83 bits per heavy atom. The lowest BCUT2D eigenvalue weighted by molar-refractivity contribution is 0.855. The second-order valence-corrected chi connectivity index (χ2v) is 4.40. The van der Waals surface area contributed by atoms with Crippen LogP contribution in [0.15, 0.2) is 24.3 Å². The third kappa shape index (κ3) is 3.07. The smallest absolute Gasteiger partial charge is 0.229 e. The first-order valence-electron chi connectivity index (χ1n) is 5.55. The highest BCUT2D eigenvalue weighted by molar-refractivity contribution is 6.28. The minimum atomic E-state index is 0.0588. The molecule has 6 heteroatoms. The van der Waals surface area contributed by atoms with Gasteiger partial charge in [0.2, 0.25) is 17.2 Å². The molecular formula is C12H14ClN5. The van der Waals surface area contributed by atoms with Crippen molar-refractivity contribution in [1.82, 2.24) is 15.0 Å². The van der Waals surface area contributed by atoms with Crippen LogP contribution >= 0.6 is 11.6 Å². The van der Waals surface area contributed by atoms with E-state index in [-0.39, 0.29) is 17.3 Å². The molecule has 2 rings (SSSR count). The molecule has 0 saturated carbocycles. The Balaban J connectivity index is 2.15. The van der Waals surface area contributed by atoms with Crippen molar-refractivity contribution in [3.05, 3.63) is 40.7 Å². The van der Waals surface area contributed by atoms with Crippen molar-refractivity contribution in [2.24, 2.45) is 0 Å². The van der Waals surface area contributed by atoms with Crippen molar-refractivity contribution in [2.75, 3.05) is 11.1 Å². The first-order valence-corrected chi connectivity index (χ1v) is 5.92. The van der Waals surface area contributed by atoms with Crippen molar-refractivity contribution in [1.29, 1.82) is 0 Å². The Bertz CT molecular complexity index is 520. The van der Waals surface area contributed by atoms with Gasteiger partial charge in [-0.2, -0.15) is 15.0 Å². The molecule has 18 heavy (non-hydrogen) atoms. The van der Waals surface area contributed by atoms with Gasteiger partial charge in [0.15, 0.2) is 0 Å². The van der Waals surface area contributed by atoms with Crippen molar-refractivity contribution >= 4 is 23.5 Å². The van der Waals surface area contributed by atoms with Crippen molar-refractivity contribution in [2.45, 2.75) is 19.9 Å². The van der Waals surface area contributed by atoms with Crippen LogP contribution in [0.1, 0.15) is 24.1 Å². The summed E-state index contributed by atoms with van der Waals surface area (Å²) >= 11 is 5.72. The minimum absolute atomic E-state index is 0.0588. The standard InChI is InChI=1S/C12H14ClN5/c1-7-3-5-9(6-4-7)8(2)15-12-17-10(13)16-11(14)18-12/h3-6,8H,1-2H3,(H3,14,15,16,17,18). The number of anilines is 2. The lowest BCUT2D eigenvalue weighted by atomic mass is 10.1. The van der Waals surface area contributed by atoms with E-state index in [2.05, 4.69) is 44.5 Å². The highest BCUT2D eigenvalue weighted by atomic mass is 35.5. The summed E-state index contributed by atoms with van der Waals surface area (Å²) < 4.78 is 0. The van der Waals surface area contributed by atoms with Gasteiger partial charge >= 0.3 is 0 Å². The van der Waals surface area contributed by atoms with Crippen molar-refractivity contribution in [3.63, 3.8) is 0 Å². The average molecular weight is 264 g/mol. The van der Waals surface area contributed by atoms with Gasteiger partial charge in [-0.05, 0) is 31.0 Å². The highest BCUT2D eigenvalue weighted by Gasteiger charge is 2.08. The number of hydrogen-bond acceptors (Lipinski definition) is 5. The van der Waals surface area contributed by atoms with Crippen LogP contribution in [0.25, 0.3) is 0 Å². The summed E-state index contributed by atoms with van der Waals surface area (Å²) in [7, 11) is 0. The quantitative estimate of drug-likeness (QED) is 0.890. The molecule has 1 heterocycles. The molecule has 1 aromatic heterocycles. The number of nitrogens with one attached hydrogen (secondary N) is 1. The molecule has 0 aliphatic rings. The number of halogens is 1. The van der Waals surface area contributed by atoms with Crippen LogP contribution in [0.4, 0.5) is 11.9 Å². The maximum absolute atomic E-state index is 5.72. The van der Waals surface area contributed by atoms with Gasteiger partial charge in [-0.1, -0.05) is 29.8 Å². The fourth-order valence-corrected chi connectivity index (χ4v) is 1.73. The molecule has 3 N–H and O–H groups in total. The Morgan fingerprint density at radius 1 is 1.17 bits per heavy atom. The number of nitrogens with two attached hydrogens (primary N) is 1. The van der Waals surface area contributed by atoms with E-state index in [4.69, 9.17) is 17.3 Å². The zero-order valence-electron chi connectivity index (χ0n) is 10.2. The molecule has 0 amide bonds. The molecule has 1 aromatic carbocycles. The number of nitrogens with zero attached hydrogens (tertiary/aromatic N) is 3. The number of hydrogen-bond donors (Lipinski definition) is 2. The van der Waals surface area contributed by atoms with Gasteiger partial charge in [0, 0.05) is 0 Å². The molecule has 0 saturated heterocycles. The van der Waals surface area contributed by atoms with Gasteiger partial charge < -0.3 is 11.1 Å². The molecule has 0 radical (unpaired) electrons. The van der Waals surface area contributed by atoms with E-state index < -0.39 is 0 Å². The van der Waals surface area contributed by atoms with E-state index in [1.807, 2.05) is 13.8 Å². The van der Waals surface area contributed by atoms with Gasteiger partial charge in [0.25, 0.3) is 0 Å². The first kappa shape index (κ1) is 12.6. The monoisotopic (exact) mass is 263 g/mol. The molecule has 2 aromatic rings. The lowest BCUT2D eigenvalue weighted by Gasteiger charge is -2.14. The van der Waals surface area contributed by atoms with Crippen LogP contribution in [0.2, 0.25) is 5.28 Å². The normalized spacial score (nSPS) is 12.2. The fourth-order valence-electron chi connectivity index (χ4n) is 1.56. The summed E-state index contributed by atoms with van der Waals surface area (Å²) in [5, 5.41) is 3.22. The van der Waals surface area contributed by atoms with Gasteiger partial charge in [-0.3, -0.25) is 0 Å². The molecule has 5 nitrogen and oxygen atoms in total. The zero-order valence-corrected chi connectivity index (χ0v) is 10.9. The number of aromatic nitrogens is 3. The predicted molar refractivity (Wildman–Crippen MR) is 72.5 cm³/mol. The van der Waals surface area contributed by atoms with Crippen LogP contribution in [0.3, 0.4) is 0 Å². The van der Waals surface area contributed by atoms with Crippen LogP contribution < -0.4 is 11.1 Å². The van der Waals surface area contributed by atoms with Crippen molar-refractivity contribution < 1.29 is 0 Å². The Hall–Kier alpha value is -1.88. The molecule has 1 atom stereocenters. The molecular weight excluding hydrogens is 250 g/mol. The van der Waals surface area contributed by atoms with Crippen LogP contribution in [-0.4, -0.2) is 15.0 Å². The number of aryl methyl sites for hydroxylation is 1. The first-order chi connectivity index (χ1) is 8.54. The van der Waals surface area contributed by atoms with Crippen LogP contribution in [0.5, 0.6) is 0 Å². The highest BCUT2D eigenvalue weighted by Crippen LogP contribution is 2.18. The summed E-state index contributed by atoms with van der Waals surface area (Å²) in [6, 6.07) is 8.28. The van der Waals surface area contributed by atoms with Crippen LogP contribution in [-0.2, 0) is 0 Å². The zero-order chi connectivity index (χ0) is 13.1. The molecule has 1 unspecified atom stereocenters. The Morgan fingerprint density at radius 3 is 2.44 bits per heavy atom. The summed E-state index contributed by atoms with van der Waals surface area (Å²) in [6.07, 6.45) is 0. The second kappa shape index (κ2) is 5.18. The summed E-state index contributed by atoms with van der Waals surface area (Å²) in [5.41, 5.74) is 7.86. The third-order valence-corrected chi connectivity index (χ3v) is 2.72. The lowest BCUT2D eigenvalue weighted by Crippen LogP contribution is -2.11. The van der Waals surface area contributed by atoms with Gasteiger partial charge in [-0.25, -0.2) is 0 Å². The Kier molecular flexibility index (Phi) is 3.62. The largest absolute Gasteiger partial charge is 0.368 e. The summed E-state index contributed by atoms with van der Waals surface area (Å²) in [6.45, 7) is 4.06. The van der Waals surface area contributed by atoms with Gasteiger partial charge in [0.1, 0.15) is 0 Å². The summed E-state index contributed by atoms with van der Waals surface area (Å²) in [4.78, 5) is 11.7. The maximum Gasteiger partial charge on any atom is 0.229 e. The van der Waals surface area contributed by atoms with Crippen molar-refractivity contribution in [3.8, 4) is 0 Å². The SMILES string of the molecule is Cc1ccc(C(C)Nc2nc(N)nc(Cl)n2)cc1. The van der Waals surface area contributed by atoms with Crippen LogP contribution in [0, 0.1) is 6.92 Å². The molecule has 0 fully saturated rings.